The molecule has 3 rings (SSSR count). The van der Waals surface area contributed by atoms with Crippen LogP contribution in [0.15, 0.2) is 12.4 Å². The monoisotopic (exact) mass is 296 g/mol. The first-order valence-corrected chi connectivity index (χ1v) is 7.15. The number of carbonyl (C=O) groups excluding carboxylic acids is 1. The molecule has 0 aliphatic carbocycles. The van der Waals surface area contributed by atoms with E-state index in [1.165, 1.54) is 0 Å². The van der Waals surface area contributed by atoms with E-state index in [1.807, 2.05) is 11.8 Å². The standard InChI is InChI=1S/C14H18F2N4O/c1-10-6-17-13(18-7-10)20-8-11(9-20)12(21)19-4-2-14(15,16)3-5-19/h6-7,11H,2-5,8-9H2,1H3. The first-order chi connectivity index (χ1) is 9.94. The molecule has 2 fully saturated rings. The number of piperidine rings is 1. The number of anilines is 1. The van der Waals surface area contributed by atoms with Crippen LogP contribution >= 0.6 is 0 Å². The zero-order valence-electron chi connectivity index (χ0n) is 11.9. The van der Waals surface area contributed by atoms with Crippen LogP contribution in [-0.2, 0) is 4.79 Å². The van der Waals surface area contributed by atoms with Crippen LogP contribution in [0.5, 0.6) is 0 Å². The van der Waals surface area contributed by atoms with Crippen molar-refractivity contribution in [2.45, 2.75) is 25.7 Å². The van der Waals surface area contributed by atoms with E-state index in [0.717, 1.165) is 5.56 Å². The Balaban J connectivity index is 1.52. The van der Waals surface area contributed by atoms with E-state index in [9.17, 15) is 13.6 Å². The fourth-order valence-electron chi connectivity index (χ4n) is 2.66. The van der Waals surface area contributed by atoms with Crippen LogP contribution in [0.3, 0.4) is 0 Å². The highest BCUT2D eigenvalue weighted by atomic mass is 19.3. The van der Waals surface area contributed by atoms with Crippen LogP contribution in [0.25, 0.3) is 0 Å². The Hall–Kier alpha value is -1.79. The predicted octanol–water partition coefficient (Wildman–Crippen LogP) is 1.48. The van der Waals surface area contributed by atoms with Crippen LogP contribution < -0.4 is 4.90 Å². The van der Waals surface area contributed by atoms with Crippen molar-refractivity contribution in [2.24, 2.45) is 5.92 Å². The molecule has 114 valence electrons. The third-order valence-electron chi connectivity index (χ3n) is 4.09. The van der Waals surface area contributed by atoms with Crippen LogP contribution in [0, 0.1) is 12.8 Å². The average Bonchev–Trinajstić information content (AvgIpc) is 2.39. The second-order valence-corrected chi connectivity index (χ2v) is 5.84. The molecule has 1 amide bonds. The number of aryl methyl sites for hydroxylation is 1. The van der Waals surface area contributed by atoms with Gasteiger partial charge in [-0.3, -0.25) is 4.79 Å². The number of hydrogen-bond donors (Lipinski definition) is 0. The number of amides is 1. The maximum atomic E-state index is 13.1. The van der Waals surface area contributed by atoms with Crippen molar-refractivity contribution >= 4 is 11.9 Å². The van der Waals surface area contributed by atoms with Crippen molar-refractivity contribution in [3.05, 3.63) is 18.0 Å². The molecule has 0 unspecified atom stereocenters. The van der Waals surface area contributed by atoms with Crippen molar-refractivity contribution in [3.8, 4) is 0 Å². The summed E-state index contributed by atoms with van der Waals surface area (Å²) in [5.74, 6) is -2.14. The summed E-state index contributed by atoms with van der Waals surface area (Å²) in [4.78, 5) is 24.2. The molecular weight excluding hydrogens is 278 g/mol. The molecular formula is C14H18F2N4O. The average molecular weight is 296 g/mol. The highest BCUT2D eigenvalue weighted by molar-refractivity contribution is 5.81. The molecule has 21 heavy (non-hydrogen) atoms. The Bertz CT molecular complexity index is 518. The van der Waals surface area contributed by atoms with Gasteiger partial charge in [-0.25, -0.2) is 18.7 Å². The fourth-order valence-corrected chi connectivity index (χ4v) is 2.66. The molecule has 0 aromatic carbocycles. The molecule has 0 bridgehead atoms. The summed E-state index contributed by atoms with van der Waals surface area (Å²) in [6.07, 6.45) is 3.03. The summed E-state index contributed by atoms with van der Waals surface area (Å²) in [6.45, 7) is 3.36. The molecule has 0 atom stereocenters. The van der Waals surface area contributed by atoms with Gasteiger partial charge in [0.2, 0.25) is 11.9 Å². The fraction of sp³-hybridized carbons (Fsp3) is 0.643. The Morgan fingerprint density at radius 3 is 2.38 bits per heavy atom. The summed E-state index contributed by atoms with van der Waals surface area (Å²) in [5, 5.41) is 0. The number of nitrogens with zero attached hydrogens (tertiary/aromatic N) is 4. The predicted molar refractivity (Wildman–Crippen MR) is 73.2 cm³/mol. The highest BCUT2D eigenvalue weighted by Gasteiger charge is 2.41. The van der Waals surface area contributed by atoms with Gasteiger partial charge in [0.25, 0.3) is 5.92 Å². The Morgan fingerprint density at radius 1 is 1.24 bits per heavy atom. The molecule has 5 nitrogen and oxygen atoms in total. The van der Waals surface area contributed by atoms with E-state index >= 15 is 0 Å². The van der Waals surface area contributed by atoms with Gasteiger partial charge in [-0.05, 0) is 12.5 Å². The van der Waals surface area contributed by atoms with E-state index in [2.05, 4.69) is 9.97 Å². The number of hydrogen-bond acceptors (Lipinski definition) is 4. The molecule has 1 aromatic rings. The van der Waals surface area contributed by atoms with Crippen LogP contribution in [-0.4, -0.2) is 52.9 Å². The molecule has 1 aromatic heterocycles. The summed E-state index contributed by atoms with van der Waals surface area (Å²) in [5.41, 5.74) is 0.987. The summed E-state index contributed by atoms with van der Waals surface area (Å²) < 4.78 is 26.2. The van der Waals surface area contributed by atoms with Crippen LogP contribution in [0.4, 0.5) is 14.7 Å². The SMILES string of the molecule is Cc1cnc(N2CC(C(=O)N3CCC(F)(F)CC3)C2)nc1. The third-order valence-corrected chi connectivity index (χ3v) is 4.09. The number of likely N-dealkylation sites (tertiary alicyclic amines) is 1. The lowest BCUT2D eigenvalue weighted by molar-refractivity contribution is -0.142. The number of halogens is 2. The van der Waals surface area contributed by atoms with Gasteiger partial charge in [0.05, 0.1) is 5.92 Å². The maximum absolute atomic E-state index is 13.1. The van der Waals surface area contributed by atoms with Gasteiger partial charge < -0.3 is 9.80 Å². The van der Waals surface area contributed by atoms with Gasteiger partial charge in [0, 0.05) is 51.4 Å². The molecule has 0 N–H and O–H groups in total. The van der Waals surface area contributed by atoms with E-state index in [0.29, 0.717) is 19.0 Å². The van der Waals surface area contributed by atoms with E-state index in [1.54, 1.807) is 17.3 Å². The summed E-state index contributed by atoms with van der Waals surface area (Å²) in [6, 6.07) is 0. The summed E-state index contributed by atoms with van der Waals surface area (Å²) >= 11 is 0. The molecule has 0 radical (unpaired) electrons. The second kappa shape index (κ2) is 5.20. The quantitative estimate of drug-likeness (QED) is 0.829. The lowest BCUT2D eigenvalue weighted by atomic mass is 9.97. The maximum Gasteiger partial charge on any atom is 0.251 e. The van der Waals surface area contributed by atoms with Crippen molar-refractivity contribution in [3.63, 3.8) is 0 Å². The second-order valence-electron chi connectivity index (χ2n) is 5.84. The van der Waals surface area contributed by atoms with Crippen molar-refractivity contribution in [1.29, 1.82) is 0 Å². The minimum absolute atomic E-state index is 0.0196. The minimum Gasteiger partial charge on any atom is -0.342 e. The van der Waals surface area contributed by atoms with Gasteiger partial charge in [-0.15, -0.1) is 0 Å². The molecule has 2 saturated heterocycles. The minimum atomic E-state index is -2.61. The first-order valence-electron chi connectivity index (χ1n) is 7.15. The smallest absolute Gasteiger partial charge is 0.251 e. The zero-order chi connectivity index (χ0) is 15.0. The van der Waals surface area contributed by atoms with Crippen LogP contribution in [0.2, 0.25) is 0 Å². The molecule has 7 heteroatoms. The van der Waals surface area contributed by atoms with Gasteiger partial charge in [0.1, 0.15) is 0 Å². The number of alkyl halides is 2. The molecule has 2 aliphatic heterocycles. The molecule has 0 spiro atoms. The molecule has 2 aliphatic rings. The third kappa shape index (κ3) is 2.96. The van der Waals surface area contributed by atoms with Gasteiger partial charge >= 0.3 is 0 Å². The highest BCUT2D eigenvalue weighted by Crippen LogP contribution is 2.30. The van der Waals surface area contributed by atoms with E-state index in [-0.39, 0.29) is 37.8 Å². The number of rotatable bonds is 2. The molecule has 3 heterocycles. The number of aromatic nitrogens is 2. The number of carbonyl (C=O) groups is 1. The first kappa shape index (κ1) is 14.2. The van der Waals surface area contributed by atoms with Crippen molar-refractivity contribution < 1.29 is 13.6 Å². The summed E-state index contributed by atoms with van der Waals surface area (Å²) in [7, 11) is 0. The molecule has 0 saturated carbocycles. The van der Waals surface area contributed by atoms with Gasteiger partial charge in [-0.2, -0.15) is 0 Å². The zero-order valence-corrected chi connectivity index (χ0v) is 11.9. The van der Waals surface area contributed by atoms with Crippen molar-refractivity contribution in [1.82, 2.24) is 14.9 Å². The Kier molecular flexibility index (Phi) is 3.51. The van der Waals surface area contributed by atoms with E-state index in [4.69, 9.17) is 0 Å². The lowest BCUT2D eigenvalue weighted by Crippen LogP contribution is -2.56. The van der Waals surface area contributed by atoms with Crippen LogP contribution in [0.1, 0.15) is 18.4 Å². The van der Waals surface area contributed by atoms with Crippen molar-refractivity contribution in [2.75, 3.05) is 31.1 Å². The Morgan fingerprint density at radius 2 is 1.81 bits per heavy atom. The topological polar surface area (TPSA) is 49.3 Å². The normalized spacial score (nSPS) is 22.0. The van der Waals surface area contributed by atoms with Gasteiger partial charge in [0.15, 0.2) is 0 Å². The lowest BCUT2D eigenvalue weighted by Gasteiger charge is -2.42. The van der Waals surface area contributed by atoms with Gasteiger partial charge in [-0.1, -0.05) is 0 Å². The van der Waals surface area contributed by atoms with E-state index < -0.39 is 5.92 Å². The largest absolute Gasteiger partial charge is 0.342 e. The Labute approximate surface area is 122 Å².